The summed E-state index contributed by atoms with van der Waals surface area (Å²) in [4.78, 5) is 16.4. The van der Waals surface area contributed by atoms with Gasteiger partial charge in [0, 0.05) is 12.1 Å². The fourth-order valence-electron chi connectivity index (χ4n) is 2.56. The van der Waals surface area contributed by atoms with Crippen LogP contribution in [0.3, 0.4) is 0 Å². The van der Waals surface area contributed by atoms with Crippen LogP contribution in [-0.2, 0) is 6.54 Å². The molecule has 3 aromatic rings. The van der Waals surface area contributed by atoms with Crippen molar-refractivity contribution in [3.05, 3.63) is 65.9 Å². The molecule has 7 heteroatoms. The highest BCUT2D eigenvalue weighted by molar-refractivity contribution is 5.97. The predicted molar refractivity (Wildman–Crippen MR) is 85.6 cm³/mol. The van der Waals surface area contributed by atoms with Crippen LogP contribution in [0.2, 0.25) is 0 Å². The molecule has 126 valence electrons. The molecule has 2 aromatic carbocycles. The van der Waals surface area contributed by atoms with Crippen molar-refractivity contribution in [2.45, 2.75) is 6.54 Å². The third kappa shape index (κ3) is 3.03. The van der Waals surface area contributed by atoms with Crippen molar-refractivity contribution >= 4 is 5.91 Å². The highest BCUT2D eigenvalue weighted by Crippen LogP contribution is 2.32. The van der Waals surface area contributed by atoms with Gasteiger partial charge in [0.15, 0.2) is 29.3 Å². The first-order valence-electron chi connectivity index (χ1n) is 7.57. The summed E-state index contributed by atoms with van der Waals surface area (Å²) < 4.78 is 29.2. The van der Waals surface area contributed by atoms with Gasteiger partial charge in [0.25, 0.3) is 5.91 Å². The van der Waals surface area contributed by atoms with Crippen LogP contribution in [-0.4, -0.2) is 17.7 Å². The number of benzene rings is 2. The number of halogens is 1. The van der Waals surface area contributed by atoms with Gasteiger partial charge in [-0.15, -0.1) is 0 Å². The first kappa shape index (κ1) is 15.2. The number of ether oxygens (including phenoxy) is 2. The van der Waals surface area contributed by atoms with Crippen LogP contribution in [0.15, 0.2) is 53.3 Å². The Morgan fingerprint density at radius 1 is 1.16 bits per heavy atom. The van der Waals surface area contributed by atoms with E-state index in [2.05, 4.69) is 10.3 Å². The van der Waals surface area contributed by atoms with E-state index in [-0.39, 0.29) is 24.8 Å². The fourth-order valence-corrected chi connectivity index (χ4v) is 2.56. The SMILES string of the molecule is O=C(NCc1ccc2c(c1)OCO2)c1ncoc1-c1cccc(F)c1. The first-order chi connectivity index (χ1) is 12.2. The molecule has 1 aliphatic heterocycles. The molecule has 0 unspecified atom stereocenters. The lowest BCUT2D eigenvalue weighted by molar-refractivity contribution is 0.0946. The van der Waals surface area contributed by atoms with Crippen LogP contribution in [0.4, 0.5) is 4.39 Å². The number of fused-ring (bicyclic) bond motifs is 1. The van der Waals surface area contributed by atoms with Gasteiger partial charge in [-0.3, -0.25) is 4.79 Å². The van der Waals surface area contributed by atoms with Crippen molar-refractivity contribution in [2.24, 2.45) is 0 Å². The Bertz CT molecular complexity index is 938. The molecule has 0 atom stereocenters. The summed E-state index contributed by atoms with van der Waals surface area (Å²) in [5, 5.41) is 2.77. The van der Waals surface area contributed by atoms with Gasteiger partial charge in [-0.25, -0.2) is 9.37 Å². The van der Waals surface area contributed by atoms with Crippen molar-refractivity contribution in [3.8, 4) is 22.8 Å². The molecule has 25 heavy (non-hydrogen) atoms. The maximum Gasteiger partial charge on any atom is 0.274 e. The van der Waals surface area contributed by atoms with E-state index in [1.165, 1.54) is 12.1 Å². The maximum atomic E-state index is 13.4. The van der Waals surface area contributed by atoms with E-state index < -0.39 is 11.7 Å². The lowest BCUT2D eigenvalue weighted by Gasteiger charge is -2.06. The molecular formula is C18H13FN2O4. The van der Waals surface area contributed by atoms with Crippen molar-refractivity contribution in [3.63, 3.8) is 0 Å². The molecule has 0 fully saturated rings. The number of carbonyl (C=O) groups excluding carboxylic acids is 1. The second-order valence-electron chi connectivity index (χ2n) is 5.41. The normalized spacial score (nSPS) is 12.2. The van der Waals surface area contributed by atoms with Gasteiger partial charge in [-0.2, -0.15) is 0 Å². The minimum absolute atomic E-state index is 0.103. The minimum Gasteiger partial charge on any atom is -0.454 e. The fraction of sp³-hybridized carbons (Fsp3) is 0.111. The topological polar surface area (TPSA) is 73.6 Å². The molecule has 6 nitrogen and oxygen atoms in total. The molecule has 1 aromatic heterocycles. The number of rotatable bonds is 4. The molecule has 2 heterocycles. The summed E-state index contributed by atoms with van der Waals surface area (Å²) in [7, 11) is 0. The highest BCUT2D eigenvalue weighted by Gasteiger charge is 2.19. The molecule has 0 bridgehead atoms. The van der Waals surface area contributed by atoms with E-state index in [1.54, 1.807) is 24.3 Å². The Balaban J connectivity index is 1.50. The van der Waals surface area contributed by atoms with Gasteiger partial charge in [0.1, 0.15) is 5.82 Å². The van der Waals surface area contributed by atoms with Gasteiger partial charge in [0.05, 0.1) is 0 Å². The summed E-state index contributed by atoms with van der Waals surface area (Å²) in [6, 6.07) is 11.2. The van der Waals surface area contributed by atoms with Gasteiger partial charge < -0.3 is 19.2 Å². The third-order valence-corrected chi connectivity index (χ3v) is 3.76. The van der Waals surface area contributed by atoms with Crippen molar-refractivity contribution in [1.82, 2.24) is 10.3 Å². The lowest BCUT2D eigenvalue weighted by atomic mass is 10.1. The quantitative estimate of drug-likeness (QED) is 0.790. The summed E-state index contributed by atoms with van der Waals surface area (Å²) in [5.74, 6) is 0.725. The zero-order chi connectivity index (χ0) is 17.2. The average Bonchev–Trinajstić information content (AvgIpc) is 3.28. The van der Waals surface area contributed by atoms with E-state index in [4.69, 9.17) is 13.9 Å². The van der Waals surface area contributed by atoms with Crippen molar-refractivity contribution in [2.75, 3.05) is 6.79 Å². The summed E-state index contributed by atoms with van der Waals surface area (Å²) in [6.07, 6.45) is 1.16. The molecule has 0 aliphatic carbocycles. The van der Waals surface area contributed by atoms with Gasteiger partial charge in [0.2, 0.25) is 6.79 Å². The van der Waals surface area contributed by atoms with Crippen molar-refractivity contribution < 1.29 is 23.1 Å². The molecule has 0 radical (unpaired) electrons. The second kappa shape index (κ2) is 6.27. The van der Waals surface area contributed by atoms with Crippen molar-refractivity contribution in [1.29, 1.82) is 0 Å². The molecule has 1 aliphatic rings. The number of carbonyl (C=O) groups is 1. The van der Waals surface area contributed by atoms with E-state index in [0.29, 0.717) is 17.1 Å². The highest BCUT2D eigenvalue weighted by atomic mass is 19.1. The Kier molecular flexibility index (Phi) is 3.81. The van der Waals surface area contributed by atoms with E-state index in [9.17, 15) is 9.18 Å². The summed E-state index contributed by atoms with van der Waals surface area (Å²) >= 11 is 0. The number of hydrogen-bond acceptors (Lipinski definition) is 5. The van der Waals surface area contributed by atoms with Crippen LogP contribution in [0.1, 0.15) is 16.1 Å². The monoisotopic (exact) mass is 340 g/mol. The molecule has 0 saturated carbocycles. The minimum atomic E-state index is -0.416. The lowest BCUT2D eigenvalue weighted by Crippen LogP contribution is -2.23. The zero-order valence-electron chi connectivity index (χ0n) is 13.0. The van der Waals surface area contributed by atoms with E-state index >= 15 is 0 Å². The Hall–Kier alpha value is -3.35. The number of amides is 1. The third-order valence-electron chi connectivity index (χ3n) is 3.76. The standard InChI is InChI=1S/C18H13FN2O4/c19-13-3-1-2-12(7-13)17-16(21-9-23-17)18(22)20-8-11-4-5-14-15(6-11)25-10-24-14/h1-7,9H,8,10H2,(H,20,22). The number of nitrogens with one attached hydrogen (secondary N) is 1. The summed E-state index contributed by atoms with van der Waals surface area (Å²) in [5.41, 5.74) is 1.41. The smallest absolute Gasteiger partial charge is 0.274 e. The van der Waals surface area contributed by atoms with Crippen LogP contribution < -0.4 is 14.8 Å². The zero-order valence-corrected chi connectivity index (χ0v) is 13.0. The molecule has 4 rings (SSSR count). The van der Waals surface area contributed by atoms with E-state index in [0.717, 1.165) is 12.0 Å². The molecular weight excluding hydrogens is 327 g/mol. The van der Waals surface area contributed by atoms with Crippen LogP contribution in [0.5, 0.6) is 11.5 Å². The second-order valence-corrected chi connectivity index (χ2v) is 5.41. The van der Waals surface area contributed by atoms with Crippen LogP contribution in [0.25, 0.3) is 11.3 Å². The Morgan fingerprint density at radius 2 is 2.04 bits per heavy atom. The number of nitrogens with zero attached hydrogens (tertiary/aromatic N) is 1. The largest absolute Gasteiger partial charge is 0.454 e. The van der Waals surface area contributed by atoms with Gasteiger partial charge in [-0.05, 0) is 29.8 Å². The Morgan fingerprint density at radius 3 is 2.92 bits per heavy atom. The molecule has 1 amide bonds. The van der Waals surface area contributed by atoms with Gasteiger partial charge in [-0.1, -0.05) is 18.2 Å². The molecule has 1 N–H and O–H groups in total. The molecule has 0 spiro atoms. The maximum absolute atomic E-state index is 13.4. The average molecular weight is 340 g/mol. The number of aromatic nitrogens is 1. The van der Waals surface area contributed by atoms with Crippen LogP contribution in [0, 0.1) is 5.82 Å². The number of oxazole rings is 1. The predicted octanol–water partition coefficient (Wildman–Crippen LogP) is 3.14. The Labute approximate surface area is 142 Å². The summed E-state index contributed by atoms with van der Waals surface area (Å²) in [6.45, 7) is 0.478. The van der Waals surface area contributed by atoms with E-state index in [1.807, 2.05) is 6.07 Å². The molecule has 0 saturated heterocycles. The number of hydrogen-bond donors (Lipinski definition) is 1. The first-order valence-corrected chi connectivity index (χ1v) is 7.57. The van der Waals surface area contributed by atoms with Crippen LogP contribution >= 0.6 is 0 Å². The van der Waals surface area contributed by atoms with Gasteiger partial charge >= 0.3 is 0 Å².